The number of aromatic nitrogens is 2. The van der Waals surface area contributed by atoms with Crippen LogP contribution in [0.4, 0.5) is 11.4 Å². The predicted molar refractivity (Wildman–Crippen MR) is 120 cm³/mol. The van der Waals surface area contributed by atoms with Gasteiger partial charge in [0, 0.05) is 34.4 Å². The number of nitrogens with one attached hydrogen (secondary N) is 1. The fourth-order valence-corrected chi connectivity index (χ4v) is 3.75. The minimum absolute atomic E-state index is 0.0647. The van der Waals surface area contributed by atoms with Crippen LogP contribution in [0.25, 0.3) is 23.1 Å². The Labute approximate surface area is 187 Å². The molecule has 0 saturated heterocycles. The maximum atomic E-state index is 12.7. The normalized spacial score (nSPS) is 12.5. The molecule has 10 nitrogen and oxygen atoms in total. The van der Waals surface area contributed by atoms with Gasteiger partial charge < -0.3 is 23.9 Å². The van der Waals surface area contributed by atoms with Crippen molar-refractivity contribution in [2.24, 2.45) is 0 Å². The molecule has 4 aromatic rings. The van der Waals surface area contributed by atoms with Crippen molar-refractivity contribution in [1.29, 1.82) is 0 Å². The van der Waals surface area contributed by atoms with Gasteiger partial charge in [0.1, 0.15) is 6.54 Å². The number of para-hydroxylation sites is 1. The van der Waals surface area contributed by atoms with Gasteiger partial charge in [-0.2, -0.15) is 0 Å². The third-order valence-electron chi connectivity index (χ3n) is 5.24. The van der Waals surface area contributed by atoms with E-state index in [9.17, 15) is 14.9 Å². The first-order chi connectivity index (χ1) is 16.0. The minimum atomic E-state index is -0.519. The minimum Gasteiger partial charge on any atom is -0.454 e. The molecule has 0 atom stereocenters. The molecule has 3 heterocycles. The highest BCUT2D eigenvalue weighted by Crippen LogP contribution is 2.34. The number of carbonyl (C=O) groups excluding carboxylic acids is 1. The van der Waals surface area contributed by atoms with Crippen LogP contribution in [0.15, 0.2) is 53.2 Å². The van der Waals surface area contributed by atoms with E-state index in [-0.39, 0.29) is 36.4 Å². The van der Waals surface area contributed by atoms with E-state index >= 15 is 0 Å². The number of fused-ring (bicyclic) bond motifs is 2. The number of nitro groups is 1. The maximum absolute atomic E-state index is 12.7. The zero-order chi connectivity index (χ0) is 22.9. The fourth-order valence-electron chi connectivity index (χ4n) is 3.75. The molecule has 2 aromatic heterocycles. The third-order valence-corrected chi connectivity index (χ3v) is 5.24. The molecule has 2 aromatic carbocycles. The van der Waals surface area contributed by atoms with E-state index in [1.54, 1.807) is 24.3 Å². The molecule has 1 aliphatic heterocycles. The third kappa shape index (κ3) is 3.89. The first-order valence-corrected chi connectivity index (χ1v) is 10.1. The standard InChI is InChI=1S/C23H18N4O6/c1-14-23(27(29)30)20(33-25-14)8-6-15-11-26(18-5-3-2-4-17(15)18)12-22(28)24-16-7-9-19-21(10-16)32-13-31-19/h2-11H,12-13H2,1H3,(H,24,28). The van der Waals surface area contributed by atoms with Crippen LogP contribution in [-0.4, -0.2) is 27.3 Å². The molecule has 0 radical (unpaired) electrons. The number of nitrogens with zero attached hydrogens (tertiary/aromatic N) is 3. The quantitative estimate of drug-likeness (QED) is 0.344. The zero-order valence-corrected chi connectivity index (χ0v) is 17.5. The molecule has 1 amide bonds. The van der Waals surface area contributed by atoms with Crippen molar-refractivity contribution in [2.75, 3.05) is 12.1 Å². The van der Waals surface area contributed by atoms with Crippen LogP contribution in [-0.2, 0) is 11.3 Å². The zero-order valence-electron chi connectivity index (χ0n) is 17.5. The lowest BCUT2D eigenvalue weighted by atomic mass is 10.1. The Morgan fingerprint density at radius 3 is 2.88 bits per heavy atom. The molecule has 0 aliphatic carbocycles. The second kappa shape index (κ2) is 8.15. The van der Waals surface area contributed by atoms with Gasteiger partial charge in [0.25, 0.3) is 0 Å². The molecule has 0 spiro atoms. The van der Waals surface area contributed by atoms with Gasteiger partial charge in [-0.15, -0.1) is 0 Å². The van der Waals surface area contributed by atoms with E-state index < -0.39 is 4.92 Å². The van der Waals surface area contributed by atoms with Crippen LogP contribution in [0.3, 0.4) is 0 Å². The first-order valence-electron chi connectivity index (χ1n) is 10.1. The number of amides is 1. The summed E-state index contributed by atoms with van der Waals surface area (Å²) in [5, 5.41) is 18.7. The molecule has 1 N–H and O–H groups in total. The summed E-state index contributed by atoms with van der Waals surface area (Å²) in [6.45, 7) is 1.75. The van der Waals surface area contributed by atoms with E-state index in [4.69, 9.17) is 14.0 Å². The summed E-state index contributed by atoms with van der Waals surface area (Å²) in [7, 11) is 0. The van der Waals surface area contributed by atoms with Crippen molar-refractivity contribution in [1.82, 2.24) is 9.72 Å². The topological polar surface area (TPSA) is 122 Å². The number of rotatable bonds is 6. The van der Waals surface area contributed by atoms with Crippen molar-refractivity contribution >= 4 is 40.3 Å². The molecule has 0 unspecified atom stereocenters. The van der Waals surface area contributed by atoms with Gasteiger partial charge in [0.05, 0.1) is 4.92 Å². The summed E-state index contributed by atoms with van der Waals surface area (Å²) in [4.78, 5) is 23.5. The number of anilines is 1. The molecule has 10 heteroatoms. The molecule has 0 saturated carbocycles. The van der Waals surface area contributed by atoms with Gasteiger partial charge in [-0.05, 0) is 37.3 Å². The SMILES string of the molecule is Cc1noc(C=Cc2cn(CC(=O)Nc3ccc4c(c3)OCO4)c3ccccc23)c1[N+](=O)[O-]. The lowest BCUT2D eigenvalue weighted by Crippen LogP contribution is -2.18. The van der Waals surface area contributed by atoms with Crippen molar-refractivity contribution < 1.29 is 23.7 Å². The van der Waals surface area contributed by atoms with Crippen LogP contribution in [0.1, 0.15) is 17.0 Å². The van der Waals surface area contributed by atoms with Crippen molar-refractivity contribution in [2.45, 2.75) is 13.5 Å². The summed E-state index contributed by atoms with van der Waals surface area (Å²) < 4.78 is 17.5. The average molecular weight is 446 g/mol. The Balaban J connectivity index is 1.39. The molecule has 0 bridgehead atoms. The Morgan fingerprint density at radius 2 is 2.03 bits per heavy atom. The maximum Gasteiger partial charge on any atom is 0.338 e. The van der Waals surface area contributed by atoms with Gasteiger partial charge in [-0.3, -0.25) is 14.9 Å². The van der Waals surface area contributed by atoms with Crippen molar-refractivity contribution in [3.05, 3.63) is 75.8 Å². The first kappa shape index (κ1) is 20.3. The molecule has 5 rings (SSSR count). The number of hydrogen-bond acceptors (Lipinski definition) is 7. The lowest BCUT2D eigenvalue weighted by molar-refractivity contribution is -0.386. The predicted octanol–water partition coefficient (Wildman–Crippen LogP) is 4.38. The molecule has 166 valence electrons. The highest BCUT2D eigenvalue weighted by atomic mass is 16.7. The Hall–Kier alpha value is -4.60. The Morgan fingerprint density at radius 1 is 1.21 bits per heavy atom. The summed E-state index contributed by atoms with van der Waals surface area (Å²) >= 11 is 0. The van der Waals surface area contributed by atoms with Crippen LogP contribution in [0, 0.1) is 17.0 Å². The number of benzene rings is 2. The Bertz CT molecular complexity index is 1420. The highest BCUT2D eigenvalue weighted by molar-refractivity contribution is 5.95. The molecule has 0 fully saturated rings. The lowest BCUT2D eigenvalue weighted by Gasteiger charge is -2.08. The van der Waals surface area contributed by atoms with Gasteiger partial charge in [0.2, 0.25) is 18.5 Å². The van der Waals surface area contributed by atoms with Crippen molar-refractivity contribution in [3.63, 3.8) is 0 Å². The van der Waals surface area contributed by atoms with Crippen LogP contribution in [0.2, 0.25) is 0 Å². The van der Waals surface area contributed by atoms with Crippen molar-refractivity contribution in [3.8, 4) is 11.5 Å². The summed E-state index contributed by atoms with van der Waals surface area (Å²) in [6, 6.07) is 12.8. The molecule has 1 aliphatic rings. The largest absolute Gasteiger partial charge is 0.454 e. The van der Waals surface area contributed by atoms with Gasteiger partial charge in [-0.25, -0.2) is 0 Å². The van der Waals surface area contributed by atoms with E-state index in [2.05, 4.69) is 10.5 Å². The number of hydrogen-bond donors (Lipinski definition) is 1. The summed E-state index contributed by atoms with van der Waals surface area (Å²) in [6.07, 6.45) is 5.04. The molecular formula is C23H18N4O6. The highest BCUT2D eigenvalue weighted by Gasteiger charge is 2.22. The average Bonchev–Trinajstić information content (AvgIpc) is 3.49. The second-order valence-electron chi connectivity index (χ2n) is 7.42. The summed E-state index contributed by atoms with van der Waals surface area (Å²) in [5.41, 5.74) is 2.28. The summed E-state index contributed by atoms with van der Waals surface area (Å²) in [5.74, 6) is 1.08. The molecular weight excluding hydrogens is 428 g/mol. The number of ether oxygens (including phenoxy) is 2. The molecule has 33 heavy (non-hydrogen) atoms. The van der Waals surface area contributed by atoms with Crippen LogP contribution >= 0.6 is 0 Å². The Kier molecular flexibility index (Phi) is 5.02. The van der Waals surface area contributed by atoms with E-state index in [1.165, 1.54) is 13.0 Å². The van der Waals surface area contributed by atoms with Crippen LogP contribution < -0.4 is 14.8 Å². The van der Waals surface area contributed by atoms with Gasteiger partial charge in [-0.1, -0.05) is 23.4 Å². The second-order valence-corrected chi connectivity index (χ2v) is 7.42. The van der Waals surface area contributed by atoms with E-state index in [0.29, 0.717) is 17.2 Å². The fraction of sp³-hybridized carbons (Fsp3) is 0.130. The van der Waals surface area contributed by atoms with E-state index in [0.717, 1.165) is 16.5 Å². The number of aryl methyl sites for hydroxylation is 1. The smallest absolute Gasteiger partial charge is 0.338 e. The van der Waals surface area contributed by atoms with Gasteiger partial charge >= 0.3 is 5.69 Å². The number of carbonyl (C=O) groups is 1. The monoisotopic (exact) mass is 446 g/mol. The van der Waals surface area contributed by atoms with Gasteiger partial charge in [0.15, 0.2) is 17.2 Å². The van der Waals surface area contributed by atoms with Crippen LogP contribution in [0.5, 0.6) is 11.5 Å². The van der Waals surface area contributed by atoms with E-state index in [1.807, 2.05) is 35.0 Å².